The zero-order valence-corrected chi connectivity index (χ0v) is 19.4. The van der Waals surface area contributed by atoms with Crippen molar-refractivity contribution >= 4 is 45.2 Å². The van der Waals surface area contributed by atoms with E-state index in [4.69, 9.17) is 22.3 Å². The van der Waals surface area contributed by atoms with Gasteiger partial charge < -0.3 is 15.6 Å². The summed E-state index contributed by atoms with van der Waals surface area (Å²) in [5.41, 5.74) is 9.35. The summed E-state index contributed by atoms with van der Waals surface area (Å²) in [4.78, 5) is 13.4. The summed E-state index contributed by atoms with van der Waals surface area (Å²) in [6.45, 7) is 0.968. The average molecular weight is 461 g/mol. The Kier molecular flexibility index (Phi) is 5.33. The molecule has 3 heterocycles. The predicted octanol–water partition coefficient (Wildman–Crippen LogP) is 6.01. The number of benzene rings is 1. The smallest absolute Gasteiger partial charge is 0.145 e. The summed E-state index contributed by atoms with van der Waals surface area (Å²) in [7, 11) is 0. The van der Waals surface area contributed by atoms with E-state index in [0.29, 0.717) is 16.9 Å². The van der Waals surface area contributed by atoms with Crippen molar-refractivity contribution in [2.24, 2.45) is 11.8 Å². The van der Waals surface area contributed by atoms with Crippen LogP contribution in [0, 0.1) is 11.8 Å². The molecule has 6 rings (SSSR count). The minimum atomic E-state index is 0.488. The maximum atomic E-state index is 6.45. The van der Waals surface area contributed by atoms with Crippen LogP contribution in [-0.4, -0.2) is 26.1 Å². The van der Waals surface area contributed by atoms with Gasteiger partial charge in [-0.25, -0.2) is 15.0 Å². The van der Waals surface area contributed by atoms with Crippen LogP contribution < -0.4 is 11.1 Å². The summed E-state index contributed by atoms with van der Waals surface area (Å²) in [5.74, 6) is 2.88. The average Bonchev–Trinajstić information content (AvgIpc) is 3.35. The highest BCUT2D eigenvalue weighted by molar-refractivity contribution is 6.33. The quantitative estimate of drug-likeness (QED) is 0.353. The molecule has 0 aliphatic heterocycles. The molecule has 0 amide bonds. The summed E-state index contributed by atoms with van der Waals surface area (Å²) in [5, 5.41) is 6.20. The number of aryl methyl sites for hydroxylation is 1. The first kappa shape index (κ1) is 20.7. The fourth-order valence-corrected chi connectivity index (χ4v) is 5.48. The number of nitrogen functional groups attached to an aromatic ring is 1. The van der Waals surface area contributed by atoms with E-state index in [1.165, 1.54) is 44.1 Å². The van der Waals surface area contributed by atoms with Gasteiger partial charge in [0.25, 0.3) is 0 Å². The topological polar surface area (TPSA) is 81.6 Å². The Morgan fingerprint density at radius 1 is 1.06 bits per heavy atom. The minimum absolute atomic E-state index is 0.488. The zero-order valence-electron chi connectivity index (χ0n) is 18.7. The molecule has 33 heavy (non-hydrogen) atoms. The van der Waals surface area contributed by atoms with Crippen molar-refractivity contribution in [3.8, 4) is 0 Å². The Morgan fingerprint density at radius 3 is 2.82 bits per heavy atom. The second kappa shape index (κ2) is 8.49. The van der Waals surface area contributed by atoms with Gasteiger partial charge in [0.05, 0.1) is 15.9 Å². The Labute approximate surface area is 198 Å². The number of hydrogen-bond acceptors (Lipinski definition) is 5. The van der Waals surface area contributed by atoms with Crippen LogP contribution in [-0.2, 0) is 6.42 Å². The molecule has 3 aromatic heterocycles. The van der Waals surface area contributed by atoms with Gasteiger partial charge in [-0.05, 0) is 80.5 Å². The normalized spacial score (nSPS) is 20.6. The lowest BCUT2D eigenvalue weighted by Gasteiger charge is -2.15. The first-order valence-corrected chi connectivity index (χ1v) is 12.4. The second-order valence-electron chi connectivity index (χ2n) is 9.76. The number of nitrogens with zero attached hydrogens (tertiary/aromatic N) is 4. The highest BCUT2D eigenvalue weighted by Gasteiger charge is 2.27. The molecule has 2 saturated carbocycles. The number of nitrogens with one attached hydrogen (secondary N) is 1. The van der Waals surface area contributed by atoms with Crippen molar-refractivity contribution in [2.75, 3.05) is 17.6 Å². The third kappa shape index (κ3) is 4.24. The van der Waals surface area contributed by atoms with E-state index in [1.807, 2.05) is 12.1 Å². The van der Waals surface area contributed by atoms with Gasteiger partial charge in [0.2, 0.25) is 0 Å². The fraction of sp³-hybridized carbons (Fsp3) is 0.423. The van der Waals surface area contributed by atoms with Crippen molar-refractivity contribution in [3.05, 3.63) is 53.4 Å². The molecule has 2 aliphatic rings. The SMILES string of the molecule is Nc1ncnc2c1ccn2C1CCC(CCc2ccc3cc(Cl)c(NCC4CC4)nc3c2)C1. The highest BCUT2D eigenvalue weighted by atomic mass is 35.5. The van der Waals surface area contributed by atoms with Gasteiger partial charge >= 0.3 is 0 Å². The number of rotatable bonds is 7. The molecule has 170 valence electrons. The molecular weight excluding hydrogens is 432 g/mol. The molecule has 0 saturated heterocycles. The molecule has 2 atom stereocenters. The van der Waals surface area contributed by atoms with Gasteiger partial charge in [0, 0.05) is 24.2 Å². The monoisotopic (exact) mass is 460 g/mol. The number of halogens is 1. The Morgan fingerprint density at radius 2 is 1.94 bits per heavy atom. The van der Waals surface area contributed by atoms with Crippen LogP contribution in [0.5, 0.6) is 0 Å². The van der Waals surface area contributed by atoms with E-state index in [0.717, 1.165) is 52.6 Å². The molecule has 0 spiro atoms. The number of pyridine rings is 1. The molecule has 2 fully saturated rings. The van der Waals surface area contributed by atoms with Crippen molar-refractivity contribution in [2.45, 2.75) is 51.0 Å². The fourth-order valence-electron chi connectivity index (χ4n) is 5.25. The van der Waals surface area contributed by atoms with Crippen LogP contribution >= 0.6 is 11.6 Å². The minimum Gasteiger partial charge on any atom is -0.383 e. The number of fused-ring (bicyclic) bond motifs is 2. The van der Waals surface area contributed by atoms with Crippen LogP contribution in [0.15, 0.2) is 42.9 Å². The van der Waals surface area contributed by atoms with E-state index in [-0.39, 0.29) is 0 Å². The molecule has 0 bridgehead atoms. The lowest BCUT2D eigenvalue weighted by Crippen LogP contribution is -2.06. The van der Waals surface area contributed by atoms with Crippen LogP contribution in [0.25, 0.3) is 21.9 Å². The summed E-state index contributed by atoms with van der Waals surface area (Å²) in [6, 6.07) is 11.2. The van der Waals surface area contributed by atoms with Crippen LogP contribution in [0.1, 0.15) is 50.1 Å². The lowest BCUT2D eigenvalue weighted by molar-refractivity contribution is 0.461. The van der Waals surface area contributed by atoms with E-state index in [1.54, 1.807) is 6.33 Å². The predicted molar refractivity (Wildman–Crippen MR) is 135 cm³/mol. The summed E-state index contributed by atoms with van der Waals surface area (Å²) < 4.78 is 2.30. The molecule has 4 aromatic rings. The maximum absolute atomic E-state index is 6.45. The van der Waals surface area contributed by atoms with Crippen molar-refractivity contribution in [3.63, 3.8) is 0 Å². The molecule has 6 nitrogen and oxygen atoms in total. The highest BCUT2D eigenvalue weighted by Crippen LogP contribution is 2.39. The molecule has 2 unspecified atom stereocenters. The van der Waals surface area contributed by atoms with Crippen LogP contribution in [0.2, 0.25) is 5.02 Å². The molecular formula is C26H29ClN6. The standard InChI is InChI=1S/C26H29ClN6/c27-22-13-19-7-5-17(12-23(19)32-25(22)29-14-18-3-4-18)2-1-16-6-8-20(11-16)33-10-9-21-24(28)30-15-31-26(21)33/h5,7,9-10,12-13,15-16,18,20H,1-4,6,8,11,14H2,(H,29,32)(H2,28,30,31). The van der Waals surface area contributed by atoms with Gasteiger partial charge in [-0.15, -0.1) is 0 Å². The Hall–Kier alpha value is -2.86. The first-order chi connectivity index (χ1) is 16.1. The van der Waals surface area contributed by atoms with Crippen molar-refractivity contribution in [1.82, 2.24) is 19.5 Å². The van der Waals surface area contributed by atoms with E-state index in [9.17, 15) is 0 Å². The zero-order chi connectivity index (χ0) is 22.4. The van der Waals surface area contributed by atoms with Gasteiger partial charge in [-0.1, -0.05) is 23.7 Å². The molecule has 7 heteroatoms. The Balaban J connectivity index is 1.12. The van der Waals surface area contributed by atoms with Crippen LogP contribution in [0.3, 0.4) is 0 Å². The van der Waals surface area contributed by atoms with Gasteiger partial charge in [-0.3, -0.25) is 0 Å². The lowest BCUT2D eigenvalue weighted by atomic mass is 9.97. The van der Waals surface area contributed by atoms with Crippen molar-refractivity contribution < 1.29 is 0 Å². The largest absolute Gasteiger partial charge is 0.383 e. The van der Waals surface area contributed by atoms with E-state index >= 15 is 0 Å². The summed E-state index contributed by atoms with van der Waals surface area (Å²) in [6.07, 6.45) is 12.2. The van der Waals surface area contributed by atoms with Gasteiger partial charge in [0.15, 0.2) is 0 Å². The number of hydrogen-bond donors (Lipinski definition) is 2. The summed E-state index contributed by atoms with van der Waals surface area (Å²) >= 11 is 6.45. The number of aromatic nitrogens is 4. The molecule has 1 aromatic carbocycles. The maximum Gasteiger partial charge on any atom is 0.145 e. The third-order valence-electron chi connectivity index (χ3n) is 7.38. The first-order valence-electron chi connectivity index (χ1n) is 12.0. The number of nitrogens with two attached hydrogens (primary N) is 1. The number of anilines is 2. The van der Waals surface area contributed by atoms with Crippen LogP contribution in [0.4, 0.5) is 11.6 Å². The molecule has 3 N–H and O–H groups in total. The second-order valence-corrected chi connectivity index (χ2v) is 10.2. The van der Waals surface area contributed by atoms with E-state index in [2.05, 4.69) is 44.2 Å². The Bertz CT molecular complexity index is 1310. The van der Waals surface area contributed by atoms with Gasteiger partial charge in [-0.2, -0.15) is 0 Å². The van der Waals surface area contributed by atoms with E-state index < -0.39 is 0 Å². The van der Waals surface area contributed by atoms with Crippen molar-refractivity contribution in [1.29, 1.82) is 0 Å². The molecule has 0 radical (unpaired) electrons. The molecule has 2 aliphatic carbocycles. The third-order valence-corrected chi connectivity index (χ3v) is 7.67. The van der Waals surface area contributed by atoms with Gasteiger partial charge in [0.1, 0.15) is 23.6 Å².